The van der Waals surface area contributed by atoms with Crippen LogP contribution in [0.15, 0.2) is 22.7 Å². The van der Waals surface area contributed by atoms with Crippen molar-refractivity contribution in [3.05, 3.63) is 34.1 Å². The highest BCUT2D eigenvalue weighted by Gasteiger charge is 2.09. The zero-order valence-corrected chi connectivity index (χ0v) is 10.1. The van der Waals surface area contributed by atoms with Crippen LogP contribution in [0.3, 0.4) is 0 Å². The summed E-state index contributed by atoms with van der Waals surface area (Å²) in [5.74, 6) is -1.17. The summed E-state index contributed by atoms with van der Waals surface area (Å²) in [4.78, 5) is 22.4. The quantitative estimate of drug-likeness (QED) is 0.874. The number of benzene rings is 1. The molecule has 0 fully saturated rings. The molecular formula is C10H10BrFN2O2. The van der Waals surface area contributed by atoms with Gasteiger partial charge in [0, 0.05) is 12.6 Å². The van der Waals surface area contributed by atoms with Crippen LogP contribution in [0.25, 0.3) is 0 Å². The summed E-state index contributed by atoms with van der Waals surface area (Å²) in [6.45, 7) is -0.107. The van der Waals surface area contributed by atoms with Crippen LogP contribution in [-0.4, -0.2) is 25.4 Å². The van der Waals surface area contributed by atoms with Gasteiger partial charge in [0.1, 0.15) is 5.82 Å². The average molecular weight is 289 g/mol. The molecule has 0 heterocycles. The largest absolute Gasteiger partial charge is 0.358 e. The molecule has 1 aromatic rings. The molecule has 0 aromatic heterocycles. The second-order valence-corrected chi connectivity index (χ2v) is 3.84. The van der Waals surface area contributed by atoms with E-state index >= 15 is 0 Å². The van der Waals surface area contributed by atoms with Crippen LogP contribution in [0.5, 0.6) is 0 Å². The summed E-state index contributed by atoms with van der Waals surface area (Å²) >= 11 is 2.97. The highest BCUT2D eigenvalue weighted by atomic mass is 79.9. The van der Waals surface area contributed by atoms with Crippen LogP contribution in [0, 0.1) is 5.82 Å². The number of halogens is 2. The van der Waals surface area contributed by atoms with Gasteiger partial charge in [0.05, 0.1) is 11.0 Å². The molecule has 0 unspecified atom stereocenters. The highest BCUT2D eigenvalue weighted by molar-refractivity contribution is 9.10. The van der Waals surface area contributed by atoms with Crippen LogP contribution in [0.2, 0.25) is 0 Å². The minimum atomic E-state index is -0.442. The molecular weight excluding hydrogens is 279 g/mol. The van der Waals surface area contributed by atoms with Crippen molar-refractivity contribution in [2.45, 2.75) is 0 Å². The first-order chi connectivity index (χ1) is 7.54. The molecule has 0 saturated heterocycles. The fourth-order valence-corrected chi connectivity index (χ4v) is 1.37. The Morgan fingerprint density at radius 1 is 1.44 bits per heavy atom. The van der Waals surface area contributed by atoms with Gasteiger partial charge in [0.25, 0.3) is 5.91 Å². The van der Waals surface area contributed by atoms with Crippen LogP contribution in [0.4, 0.5) is 4.39 Å². The Balaban J connectivity index is 2.66. The Morgan fingerprint density at radius 2 is 2.12 bits per heavy atom. The van der Waals surface area contributed by atoms with Crippen LogP contribution in [0.1, 0.15) is 10.4 Å². The van der Waals surface area contributed by atoms with E-state index in [1.807, 2.05) is 0 Å². The van der Waals surface area contributed by atoms with Gasteiger partial charge >= 0.3 is 0 Å². The van der Waals surface area contributed by atoms with Gasteiger partial charge in [-0.2, -0.15) is 0 Å². The van der Waals surface area contributed by atoms with Gasteiger partial charge in [-0.15, -0.1) is 0 Å². The molecule has 86 valence electrons. The maximum absolute atomic E-state index is 12.9. The average Bonchev–Trinajstić information content (AvgIpc) is 2.29. The van der Waals surface area contributed by atoms with E-state index in [0.717, 1.165) is 0 Å². The lowest BCUT2D eigenvalue weighted by atomic mass is 10.2. The predicted molar refractivity (Wildman–Crippen MR) is 60.5 cm³/mol. The zero-order valence-electron chi connectivity index (χ0n) is 8.51. The maximum Gasteiger partial charge on any atom is 0.251 e. The molecule has 0 aliphatic rings. The summed E-state index contributed by atoms with van der Waals surface area (Å²) in [6.07, 6.45) is 0. The topological polar surface area (TPSA) is 58.2 Å². The van der Waals surface area contributed by atoms with Crippen LogP contribution >= 0.6 is 15.9 Å². The second kappa shape index (κ2) is 5.60. The summed E-state index contributed by atoms with van der Waals surface area (Å²) < 4.78 is 13.1. The van der Waals surface area contributed by atoms with E-state index in [1.54, 1.807) is 0 Å². The van der Waals surface area contributed by atoms with E-state index in [-0.39, 0.29) is 22.5 Å². The van der Waals surface area contributed by atoms with Crippen molar-refractivity contribution < 1.29 is 14.0 Å². The Bertz CT molecular complexity index is 423. The van der Waals surface area contributed by atoms with Crippen molar-refractivity contribution in [3.8, 4) is 0 Å². The summed E-state index contributed by atoms with van der Waals surface area (Å²) in [5.41, 5.74) is 0.289. The molecule has 4 nitrogen and oxygen atoms in total. The smallest absolute Gasteiger partial charge is 0.251 e. The number of nitrogens with one attached hydrogen (secondary N) is 2. The number of rotatable bonds is 3. The lowest BCUT2D eigenvalue weighted by Gasteiger charge is -2.04. The Hall–Kier alpha value is -1.43. The molecule has 0 radical (unpaired) electrons. The van der Waals surface area contributed by atoms with Crippen molar-refractivity contribution in [1.82, 2.24) is 10.6 Å². The molecule has 0 aliphatic heterocycles. The molecule has 1 rings (SSSR count). The SMILES string of the molecule is CNC(=O)CNC(=O)c1ccc(F)c(Br)c1. The lowest BCUT2D eigenvalue weighted by molar-refractivity contribution is -0.119. The Kier molecular flexibility index (Phi) is 4.42. The van der Waals surface area contributed by atoms with E-state index in [4.69, 9.17) is 0 Å². The van der Waals surface area contributed by atoms with Crippen molar-refractivity contribution in [1.29, 1.82) is 0 Å². The molecule has 0 spiro atoms. The highest BCUT2D eigenvalue weighted by Crippen LogP contribution is 2.16. The minimum absolute atomic E-state index is 0.107. The molecule has 0 aliphatic carbocycles. The Morgan fingerprint density at radius 3 is 2.69 bits per heavy atom. The molecule has 16 heavy (non-hydrogen) atoms. The first kappa shape index (κ1) is 12.6. The number of amides is 2. The van der Waals surface area contributed by atoms with E-state index < -0.39 is 11.7 Å². The number of carbonyl (C=O) groups excluding carboxylic acids is 2. The van der Waals surface area contributed by atoms with Gasteiger partial charge in [0.15, 0.2) is 0 Å². The summed E-state index contributed by atoms with van der Waals surface area (Å²) in [6, 6.07) is 3.88. The van der Waals surface area contributed by atoms with Gasteiger partial charge in [-0.05, 0) is 34.1 Å². The standard InChI is InChI=1S/C10H10BrFN2O2/c1-13-9(15)5-14-10(16)6-2-3-8(12)7(11)4-6/h2-4H,5H2,1H3,(H,13,15)(H,14,16). The van der Waals surface area contributed by atoms with Gasteiger partial charge in [-0.25, -0.2) is 4.39 Å². The first-order valence-electron chi connectivity index (χ1n) is 4.48. The minimum Gasteiger partial charge on any atom is -0.358 e. The summed E-state index contributed by atoms with van der Waals surface area (Å²) in [7, 11) is 1.48. The van der Waals surface area contributed by atoms with E-state index in [2.05, 4.69) is 26.6 Å². The van der Waals surface area contributed by atoms with Crippen molar-refractivity contribution in [2.24, 2.45) is 0 Å². The van der Waals surface area contributed by atoms with Gasteiger partial charge in [-0.3, -0.25) is 9.59 Å². The third-order valence-corrected chi connectivity index (χ3v) is 2.48. The lowest BCUT2D eigenvalue weighted by Crippen LogP contribution is -2.35. The first-order valence-corrected chi connectivity index (χ1v) is 5.27. The fraction of sp³-hybridized carbons (Fsp3) is 0.200. The number of hydrogen-bond donors (Lipinski definition) is 2. The summed E-state index contributed by atoms with van der Waals surface area (Å²) in [5, 5.41) is 4.77. The van der Waals surface area contributed by atoms with E-state index in [9.17, 15) is 14.0 Å². The van der Waals surface area contributed by atoms with Gasteiger partial charge < -0.3 is 10.6 Å². The van der Waals surface area contributed by atoms with Crippen LogP contribution < -0.4 is 10.6 Å². The number of hydrogen-bond acceptors (Lipinski definition) is 2. The molecule has 2 N–H and O–H groups in total. The third-order valence-electron chi connectivity index (χ3n) is 1.87. The van der Waals surface area contributed by atoms with Gasteiger partial charge in [0.2, 0.25) is 5.91 Å². The van der Waals surface area contributed by atoms with E-state index in [1.165, 1.54) is 25.2 Å². The van der Waals surface area contributed by atoms with Crippen LogP contribution in [-0.2, 0) is 4.79 Å². The monoisotopic (exact) mass is 288 g/mol. The Labute approximate surface area is 100 Å². The molecule has 0 saturated carbocycles. The van der Waals surface area contributed by atoms with Crippen molar-refractivity contribution >= 4 is 27.7 Å². The third kappa shape index (κ3) is 3.30. The molecule has 2 amide bonds. The predicted octanol–water partition coefficient (Wildman–Crippen LogP) is 1.06. The normalized spacial score (nSPS) is 9.69. The zero-order chi connectivity index (χ0) is 12.1. The maximum atomic E-state index is 12.9. The molecule has 0 bridgehead atoms. The second-order valence-electron chi connectivity index (χ2n) is 2.98. The van der Waals surface area contributed by atoms with Gasteiger partial charge in [-0.1, -0.05) is 0 Å². The van der Waals surface area contributed by atoms with E-state index in [0.29, 0.717) is 0 Å². The molecule has 0 atom stereocenters. The fourth-order valence-electron chi connectivity index (χ4n) is 0.988. The number of carbonyl (C=O) groups is 2. The number of likely N-dealkylation sites (N-methyl/N-ethyl adjacent to an activating group) is 1. The molecule has 6 heteroatoms. The molecule has 1 aromatic carbocycles. The van der Waals surface area contributed by atoms with Crippen molar-refractivity contribution in [3.63, 3.8) is 0 Å². The van der Waals surface area contributed by atoms with Crippen molar-refractivity contribution in [2.75, 3.05) is 13.6 Å².